The molecule has 0 aliphatic rings. The van der Waals surface area contributed by atoms with Crippen molar-refractivity contribution in [2.45, 2.75) is 92.1 Å². The molecule has 2 rings (SSSR count). The highest BCUT2D eigenvalue weighted by atomic mass is 31.0. The van der Waals surface area contributed by atoms with Gasteiger partial charge >= 0.3 is 0 Å². The van der Waals surface area contributed by atoms with E-state index in [2.05, 4.69) is 82.0 Å². The van der Waals surface area contributed by atoms with E-state index in [1.165, 1.54) is 83.0 Å². The maximum absolute atomic E-state index is 3.29. The van der Waals surface area contributed by atoms with Gasteiger partial charge in [0, 0.05) is 5.16 Å². The zero-order valence-corrected chi connectivity index (χ0v) is 19.8. The van der Waals surface area contributed by atoms with E-state index in [4.69, 9.17) is 0 Å². The summed E-state index contributed by atoms with van der Waals surface area (Å²) >= 11 is 0. The van der Waals surface area contributed by atoms with Crippen LogP contribution in [0.1, 0.15) is 90.0 Å². The third-order valence-corrected chi connectivity index (χ3v) is 7.66. The van der Waals surface area contributed by atoms with Crippen molar-refractivity contribution in [3.05, 3.63) is 68.8 Å². The highest BCUT2D eigenvalue weighted by Crippen LogP contribution is 2.47. The minimum atomic E-state index is -0.00268. The summed E-state index contributed by atoms with van der Waals surface area (Å²) in [6.45, 7) is 15.9. The van der Waals surface area contributed by atoms with Gasteiger partial charge in [0.2, 0.25) is 0 Å². The van der Waals surface area contributed by atoms with Crippen LogP contribution in [0.4, 0.5) is 0 Å². The van der Waals surface area contributed by atoms with E-state index in [9.17, 15) is 0 Å². The minimum absolute atomic E-state index is 0.00268. The fourth-order valence-electron chi connectivity index (χ4n) is 4.30. The molecule has 0 N–H and O–H groups in total. The molecule has 0 bridgehead atoms. The normalized spacial score (nSPS) is 11.9. The lowest BCUT2D eigenvalue weighted by Gasteiger charge is -2.35. The predicted octanol–water partition coefficient (Wildman–Crippen LogP) is 8.02. The van der Waals surface area contributed by atoms with E-state index in [0.29, 0.717) is 0 Å². The molecule has 148 valence electrons. The van der Waals surface area contributed by atoms with Gasteiger partial charge < -0.3 is 0 Å². The van der Waals surface area contributed by atoms with Crippen LogP contribution in [-0.2, 0) is 5.16 Å². The van der Waals surface area contributed by atoms with Crippen LogP contribution in [0.5, 0.6) is 0 Å². The van der Waals surface area contributed by atoms with Crippen molar-refractivity contribution in [3.8, 4) is 0 Å². The molecule has 2 aromatic carbocycles. The maximum Gasteiger partial charge on any atom is 0.0349 e. The van der Waals surface area contributed by atoms with Gasteiger partial charge in [-0.25, -0.2) is 0 Å². The first-order valence-corrected chi connectivity index (χ1v) is 11.2. The van der Waals surface area contributed by atoms with Gasteiger partial charge in [-0.3, -0.25) is 0 Å². The highest BCUT2D eigenvalue weighted by Gasteiger charge is 2.32. The molecule has 0 aromatic heterocycles. The molecule has 0 saturated heterocycles. The number of hydrogen-bond acceptors (Lipinski definition) is 0. The Bertz CT molecular complexity index is 728. The lowest BCUT2D eigenvalue weighted by atomic mass is 9.78. The molecule has 1 unspecified atom stereocenters. The van der Waals surface area contributed by atoms with E-state index < -0.39 is 0 Å². The lowest BCUT2D eigenvalue weighted by Crippen LogP contribution is -2.23. The van der Waals surface area contributed by atoms with Crippen LogP contribution < -0.4 is 0 Å². The summed E-state index contributed by atoms with van der Waals surface area (Å²) in [6.07, 6.45) is 7.82. The number of rotatable bonds is 8. The quantitative estimate of drug-likeness (QED) is 0.320. The SMILES string of the molecule is CCCCCCCC(P)(c1ccc(C)c(C)c1C)c1ccc(C)c(C)c1C. The van der Waals surface area contributed by atoms with Crippen LogP contribution in [-0.4, -0.2) is 0 Å². The molecule has 0 nitrogen and oxygen atoms in total. The molecule has 0 radical (unpaired) electrons. The number of unbranched alkanes of at least 4 members (excludes halogenated alkanes) is 4. The second-order valence-corrected chi connectivity index (χ2v) is 9.48. The Morgan fingerprint density at radius 2 is 1.07 bits per heavy atom. The topological polar surface area (TPSA) is 0 Å². The Balaban J connectivity index is 2.53. The second-order valence-electron chi connectivity index (χ2n) is 8.50. The second kappa shape index (κ2) is 9.38. The van der Waals surface area contributed by atoms with Crippen LogP contribution in [0.25, 0.3) is 0 Å². The fraction of sp³-hybridized carbons (Fsp3) is 0.538. The number of benzene rings is 2. The molecule has 27 heavy (non-hydrogen) atoms. The zero-order chi connectivity index (χ0) is 20.2. The lowest BCUT2D eigenvalue weighted by molar-refractivity contribution is 0.554. The highest BCUT2D eigenvalue weighted by molar-refractivity contribution is 7.19. The Morgan fingerprint density at radius 3 is 1.52 bits per heavy atom. The molecular formula is C26H39P. The first-order chi connectivity index (χ1) is 12.7. The van der Waals surface area contributed by atoms with Crippen molar-refractivity contribution < 1.29 is 0 Å². The standard InChI is InChI=1S/C26H39P/c1-8-9-10-11-12-17-26(27,24-15-13-18(2)20(4)22(24)6)25-16-14-19(3)21(5)23(25)7/h13-16H,8-12,17,27H2,1-7H3. The molecule has 0 saturated carbocycles. The average molecular weight is 383 g/mol. The van der Waals surface area contributed by atoms with Gasteiger partial charge in [0.05, 0.1) is 0 Å². The van der Waals surface area contributed by atoms with E-state index in [1.807, 2.05) is 0 Å². The first-order valence-electron chi connectivity index (χ1n) is 10.7. The summed E-state index contributed by atoms with van der Waals surface area (Å²) in [6, 6.07) is 9.38. The van der Waals surface area contributed by atoms with Crippen LogP contribution in [0.3, 0.4) is 0 Å². The third-order valence-electron chi connectivity index (χ3n) is 6.75. The Hall–Kier alpha value is -1.13. The minimum Gasteiger partial charge on any atom is -0.122 e. The Kier molecular flexibility index (Phi) is 7.70. The van der Waals surface area contributed by atoms with Gasteiger partial charge in [0.1, 0.15) is 0 Å². The Morgan fingerprint density at radius 1 is 0.630 bits per heavy atom. The van der Waals surface area contributed by atoms with Crippen molar-refractivity contribution in [2.24, 2.45) is 0 Å². The largest absolute Gasteiger partial charge is 0.122 e. The van der Waals surface area contributed by atoms with Crippen LogP contribution in [0.15, 0.2) is 24.3 Å². The summed E-state index contributed by atoms with van der Waals surface area (Å²) in [5.74, 6) is 0. The van der Waals surface area contributed by atoms with Gasteiger partial charge in [0.25, 0.3) is 0 Å². The van der Waals surface area contributed by atoms with Crippen LogP contribution >= 0.6 is 9.24 Å². The van der Waals surface area contributed by atoms with Crippen LogP contribution in [0, 0.1) is 41.5 Å². The molecule has 1 heteroatoms. The van der Waals surface area contributed by atoms with Crippen molar-refractivity contribution in [3.63, 3.8) is 0 Å². The summed E-state index contributed by atoms with van der Waals surface area (Å²) in [4.78, 5) is 0. The smallest absolute Gasteiger partial charge is 0.0349 e. The van der Waals surface area contributed by atoms with Crippen molar-refractivity contribution in [1.29, 1.82) is 0 Å². The molecule has 0 aliphatic heterocycles. The zero-order valence-electron chi connectivity index (χ0n) is 18.6. The monoisotopic (exact) mass is 382 g/mol. The molecule has 2 aromatic rings. The van der Waals surface area contributed by atoms with Gasteiger partial charge in [0.15, 0.2) is 0 Å². The number of aryl methyl sites for hydroxylation is 2. The summed E-state index contributed by atoms with van der Waals surface area (Å²) < 4.78 is 0. The molecule has 0 amide bonds. The number of hydrogen-bond donors (Lipinski definition) is 0. The molecule has 0 fully saturated rings. The van der Waals surface area contributed by atoms with E-state index >= 15 is 0 Å². The average Bonchev–Trinajstić information content (AvgIpc) is 2.64. The first kappa shape index (κ1) is 22.2. The third kappa shape index (κ3) is 4.65. The Labute approximate surface area is 170 Å². The van der Waals surface area contributed by atoms with Crippen molar-refractivity contribution in [2.75, 3.05) is 0 Å². The predicted molar refractivity (Wildman–Crippen MR) is 125 cm³/mol. The van der Waals surface area contributed by atoms with Gasteiger partial charge in [-0.15, -0.1) is 9.24 Å². The summed E-state index contributed by atoms with van der Waals surface area (Å²) in [5, 5.41) is -0.00268. The van der Waals surface area contributed by atoms with Gasteiger partial charge in [-0.2, -0.15) is 0 Å². The van der Waals surface area contributed by atoms with Crippen LogP contribution in [0.2, 0.25) is 0 Å². The van der Waals surface area contributed by atoms with E-state index in [-0.39, 0.29) is 5.16 Å². The van der Waals surface area contributed by atoms with Gasteiger partial charge in [-0.05, 0) is 92.5 Å². The van der Waals surface area contributed by atoms with Gasteiger partial charge in [-0.1, -0.05) is 63.3 Å². The van der Waals surface area contributed by atoms with Crippen molar-refractivity contribution in [1.82, 2.24) is 0 Å². The van der Waals surface area contributed by atoms with E-state index in [1.54, 1.807) is 0 Å². The van der Waals surface area contributed by atoms with Crippen molar-refractivity contribution >= 4 is 9.24 Å². The summed E-state index contributed by atoms with van der Waals surface area (Å²) in [5.41, 5.74) is 11.5. The van der Waals surface area contributed by atoms with E-state index in [0.717, 1.165) is 0 Å². The fourth-order valence-corrected chi connectivity index (χ4v) is 5.13. The molecule has 0 spiro atoms. The molecule has 0 aliphatic carbocycles. The molecular weight excluding hydrogens is 343 g/mol. The maximum atomic E-state index is 3.29. The molecule has 1 atom stereocenters. The summed E-state index contributed by atoms with van der Waals surface area (Å²) in [7, 11) is 3.29. The molecule has 0 heterocycles.